The fourth-order valence-electron chi connectivity index (χ4n) is 4.21. The van der Waals surface area contributed by atoms with Crippen LogP contribution in [0.3, 0.4) is 0 Å². The van der Waals surface area contributed by atoms with E-state index in [0.29, 0.717) is 0 Å². The van der Waals surface area contributed by atoms with Crippen LogP contribution in [0.5, 0.6) is 0 Å². The summed E-state index contributed by atoms with van der Waals surface area (Å²) in [6, 6.07) is 21.1. The molecule has 0 radical (unpaired) electrons. The first-order valence-electron chi connectivity index (χ1n) is 11.9. The van der Waals surface area contributed by atoms with Crippen LogP contribution in [-0.2, 0) is 11.3 Å². The minimum Gasteiger partial charge on any atom is -0.379 e. The summed E-state index contributed by atoms with van der Waals surface area (Å²) in [5.74, 6) is 0.978. The Labute approximate surface area is 200 Å². The number of ether oxygens (including phenoxy) is 1. The molecule has 1 aliphatic heterocycles. The lowest BCUT2D eigenvalue weighted by atomic mass is 10.1. The molecule has 4 aromatic rings. The normalized spacial score (nSPS) is 14.4. The summed E-state index contributed by atoms with van der Waals surface area (Å²) in [6.07, 6.45) is 3.73. The highest BCUT2D eigenvalue weighted by atomic mass is 16.5. The number of nitrogens with zero attached hydrogens (tertiary/aromatic N) is 3. The topological polar surface area (TPSA) is 70.1 Å². The molecule has 5 rings (SSSR count). The second-order valence-corrected chi connectivity index (χ2v) is 8.69. The molecular formula is C27H32N6O. The second-order valence-electron chi connectivity index (χ2n) is 8.69. The number of aryl methyl sites for hydroxylation is 1. The summed E-state index contributed by atoms with van der Waals surface area (Å²) >= 11 is 0. The van der Waals surface area contributed by atoms with Crippen molar-refractivity contribution in [2.75, 3.05) is 44.7 Å². The molecule has 3 N–H and O–H groups in total. The number of rotatable bonds is 9. The molecule has 7 nitrogen and oxygen atoms in total. The number of hydrogen-bond donors (Lipinski definition) is 3. The van der Waals surface area contributed by atoms with Crippen LogP contribution in [0.15, 0.2) is 73.1 Å². The molecule has 1 fully saturated rings. The van der Waals surface area contributed by atoms with Crippen molar-refractivity contribution in [3.63, 3.8) is 0 Å². The molecule has 7 heteroatoms. The van der Waals surface area contributed by atoms with Crippen LogP contribution in [0.2, 0.25) is 0 Å². The third-order valence-corrected chi connectivity index (χ3v) is 6.24. The van der Waals surface area contributed by atoms with Gasteiger partial charge in [0.15, 0.2) is 0 Å². The van der Waals surface area contributed by atoms with Crippen molar-refractivity contribution in [1.29, 1.82) is 0 Å². The van der Waals surface area contributed by atoms with Gasteiger partial charge in [0.05, 0.1) is 18.9 Å². The van der Waals surface area contributed by atoms with Gasteiger partial charge in [0.25, 0.3) is 0 Å². The van der Waals surface area contributed by atoms with Crippen molar-refractivity contribution in [3.05, 3.63) is 84.2 Å². The zero-order chi connectivity index (χ0) is 23.2. The Morgan fingerprint density at radius 2 is 1.88 bits per heavy atom. The van der Waals surface area contributed by atoms with Crippen LogP contribution in [0, 0.1) is 6.92 Å². The summed E-state index contributed by atoms with van der Waals surface area (Å²) in [7, 11) is 0. The van der Waals surface area contributed by atoms with Gasteiger partial charge in [-0.15, -0.1) is 0 Å². The van der Waals surface area contributed by atoms with Gasteiger partial charge in [0.1, 0.15) is 5.82 Å². The lowest BCUT2D eigenvalue weighted by Crippen LogP contribution is -2.40. The number of benzene rings is 2. The van der Waals surface area contributed by atoms with E-state index in [0.717, 1.165) is 74.4 Å². The molecule has 0 unspecified atom stereocenters. The summed E-state index contributed by atoms with van der Waals surface area (Å²) in [4.78, 5) is 5.95. The first-order chi connectivity index (χ1) is 16.7. The second kappa shape index (κ2) is 10.7. The Morgan fingerprint density at radius 3 is 2.68 bits per heavy atom. The first-order valence-corrected chi connectivity index (χ1v) is 11.9. The average Bonchev–Trinajstić information content (AvgIpc) is 3.57. The van der Waals surface area contributed by atoms with Gasteiger partial charge in [-0.25, -0.2) is 4.68 Å². The zero-order valence-electron chi connectivity index (χ0n) is 19.6. The highest BCUT2D eigenvalue weighted by Crippen LogP contribution is 2.26. The van der Waals surface area contributed by atoms with E-state index in [9.17, 15) is 0 Å². The maximum absolute atomic E-state index is 5.42. The van der Waals surface area contributed by atoms with E-state index >= 15 is 0 Å². The molecule has 0 saturated carbocycles. The fourth-order valence-corrected chi connectivity index (χ4v) is 4.21. The molecule has 2 aromatic heterocycles. The zero-order valence-corrected chi connectivity index (χ0v) is 19.6. The molecule has 0 aliphatic carbocycles. The van der Waals surface area contributed by atoms with Crippen molar-refractivity contribution in [1.82, 2.24) is 25.0 Å². The Balaban J connectivity index is 1.18. The maximum atomic E-state index is 5.42. The van der Waals surface area contributed by atoms with Crippen LogP contribution >= 0.6 is 0 Å². The fraction of sp³-hybridized carbons (Fsp3) is 0.296. The number of hydrogen-bond acceptors (Lipinski definition) is 5. The molecule has 34 heavy (non-hydrogen) atoms. The van der Waals surface area contributed by atoms with Crippen LogP contribution in [0.4, 0.5) is 11.5 Å². The predicted molar refractivity (Wildman–Crippen MR) is 137 cm³/mol. The van der Waals surface area contributed by atoms with Gasteiger partial charge in [-0.3, -0.25) is 4.90 Å². The molecule has 3 heterocycles. The first kappa shape index (κ1) is 22.4. The van der Waals surface area contributed by atoms with Gasteiger partial charge in [-0.2, -0.15) is 5.10 Å². The van der Waals surface area contributed by atoms with E-state index in [-0.39, 0.29) is 0 Å². The van der Waals surface area contributed by atoms with Crippen molar-refractivity contribution in [2.45, 2.75) is 13.5 Å². The van der Waals surface area contributed by atoms with Gasteiger partial charge in [-0.05, 0) is 60.0 Å². The number of aromatic nitrogens is 3. The highest BCUT2D eigenvalue weighted by Gasteiger charge is 2.09. The van der Waals surface area contributed by atoms with Crippen molar-refractivity contribution < 1.29 is 4.74 Å². The molecular weight excluding hydrogens is 424 g/mol. The number of morpholine rings is 1. The molecule has 1 saturated heterocycles. The minimum atomic E-state index is 0.851. The van der Waals surface area contributed by atoms with E-state index < -0.39 is 0 Å². The molecule has 0 spiro atoms. The summed E-state index contributed by atoms with van der Waals surface area (Å²) in [5.41, 5.74) is 6.87. The largest absolute Gasteiger partial charge is 0.379 e. The molecule has 1 aliphatic rings. The quantitative estimate of drug-likeness (QED) is 0.327. The molecule has 0 bridgehead atoms. The lowest BCUT2D eigenvalue weighted by molar-refractivity contribution is 0.0384. The number of aromatic amines is 1. The number of nitrogens with one attached hydrogen (secondary N) is 3. The van der Waals surface area contributed by atoms with Crippen molar-refractivity contribution in [2.24, 2.45) is 0 Å². The highest BCUT2D eigenvalue weighted by molar-refractivity contribution is 5.68. The van der Waals surface area contributed by atoms with E-state index in [1.807, 2.05) is 16.9 Å². The van der Waals surface area contributed by atoms with Crippen molar-refractivity contribution >= 4 is 11.5 Å². The van der Waals surface area contributed by atoms with Crippen LogP contribution < -0.4 is 10.6 Å². The van der Waals surface area contributed by atoms with E-state index in [2.05, 4.69) is 87.1 Å². The van der Waals surface area contributed by atoms with Gasteiger partial charge in [-0.1, -0.05) is 24.3 Å². The Kier molecular flexibility index (Phi) is 7.05. The van der Waals surface area contributed by atoms with Gasteiger partial charge in [0.2, 0.25) is 0 Å². The van der Waals surface area contributed by atoms with Crippen molar-refractivity contribution in [3.8, 4) is 16.9 Å². The van der Waals surface area contributed by atoms with Gasteiger partial charge in [0, 0.05) is 56.5 Å². The predicted octanol–water partition coefficient (Wildman–Crippen LogP) is 4.34. The Morgan fingerprint density at radius 1 is 1.03 bits per heavy atom. The summed E-state index contributed by atoms with van der Waals surface area (Å²) in [6.45, 7) is 8.81. The Hall–Kier alpha value is -3.39. The lowest BCUT2D eigenvalue weighted by Gasteiger charge is -2.26. The van der Waals surface area contributed by atoms with E-state index in [1.54, 1.807) is 6.20 Å². The van der Waals surface area contributed by atoms with Crippen LogP contribution in [-0.4, -0.2) is 59.1 Å². The molecule has 0 amide bonds. The van der Waals surface area contributed by atoms with Crippen LogP contribution in [0.25, 0.3) is 16.9 Å². The van der Waals surface area contributed by atoms with Crippen LogP contribution in [0.1, 0.15) is 11.1 Å². The number of anilines is 2. The van der Waals surface area contributed by atoms with E-state index in [4.69, 9.17) is 4.74 Å². The molecule has 176 valence electrons. The van der Waals surface area contributed by atoms with Gasteiger partial charge < -0.3 is 20.4 Å². The SMILES string of the molecule is Cc1ccc(CNCCN2CCOCC2)cc1Nc1ccc(-c2ccc(-n3cccn3)cc2)[nH]1. The molecule has 2 aromatic carbocycles. The average molecular weight is 457 g/mol. The minimum absolute atomic E-state index is 0.851. The standard InChI is InChI=1S/C27H32N6O/c1-21-3-4-22(20-28-12-14-32-15-17-34-18-16-32)19-26(21)31-27-10-9-25(30-27)23-5-7-24(8-6-23)33-13-2-11-29-33/h2-11,13,19,28,30-31H,12,14-18,20H2,1H3. The summed E-state index contributed by atoms with van der Waals surface area (Å²) in [5, 5.41) is 11.4. The summed E-state index contributed by atoms with van der Waals surface area (Å²) < 4.78 is 7.28. The number of H-pyrrole nitrogens is 1. The smallest absolute Gasteiger partial charge is 0.108 e. The Bertz CT molecular complexity index is 1180. The van der Waals surface area contributed by atoms with Gasteiger partial charge >= 0.3 is 0 Å². The third-order valence-electron chi connectivity index (χ3n) is 6.24. The maximum Gasteiger partial charge on any atom is 0.108 e. The molecule has 0 atom stereocenters. The third kappa shape index (κ3) is 5.56. The monoisotopic (exact) mass is 456 g/mol. The van der Waals surface area contributed by atoms with E-state index in [1.165, 1.54) is 11.1 Å².